The molecule has 5 heteroatoms. The number of hydrogen-bond donors (Lipinski definition) is 0. The molecule has 0 radical (unpaired) electrons. The molecule has 5 nitrogen and oxygen atoms in total. The van der Waals surface area contributed by atoms with E-state index in [9.17, 15) is 4.79 Å². The van der Waals surface area contributed by atoms with Crippen LogP contribution in [0.15, 0.2) is 67.0 Å². The van der Waals surface area contributed by atoms with Crippen molar-refractivity contribution in [1.82, 2.24) is 4.98 Å². The van der Waals surface area contributed by atoms with Gasteiger partial charge in [0.15, 0.2) is 11.5 Å². The molecular formula is C25H26N2O3. The van der Waals surface area contributed by atoms with Gasteiger partial charge in [-0.25, -0.2) is 0 Å². The van der Waals surface area contributed by atoms with Gasteiger partial charge in [0.05, 0.1) is 19.3 Å². The van der Waals surface area contributed by atoms with Gasteiger partial charge in [0.25, 0.3) is 5.91 Å². The molecule has 0 aliphatic carbocycles. The van der Waals surface area contributed by atoms with E-state index in [1.165, 1.54) is 5.56 Å². The minimum Gasteiger partial charge on any atom is -0.493 e. The minimum atomic E-state index is -0.0852. The summed E-state index contributed by atoms with van der Waals surface area (Å²) in [7, 11) is 1.63. The number of methoxy groups -OCH3 is 1. The highest BCUT2D eigenvalue weighted by Crippen LogP contribution is 2.40. The van der Waals surface area contributed by atoms with Crippen LogP contribution in [0.1, 0.15) is 47.8 Å². The quantitative estimate of drug-likeness (QED) is 0.544. The second-order valence-corrected chi connectivity index (χ2v) is 7.60. The molecule has 0 saturated heterocycles. The third-order valence-electron chi connectivity index (χ3n) is 5.57. The lowest BCUT2D eigenvalue weighted by atomic mass is 10.1. The summed E-state index contributed by atoms with van der Waals surface area (Å²) in [5, 5.41) is 0. The summed E-state index contributed by atoms with van der Waals surface area (Å²) >= 11 is 0. The molecule has 0 bridgehead atoms. The molecule has 30 heavy (non-hydrogen) atoms. The Balaban J connectivity index is 1.53. The first-order valence-corrected chi connectivity index (χ1v) is 10.2. The molecule has 1 amide bonds. The summed E-state index contributed by atoms with van der Waals surface area (Å²) in [5.41, 5.74) is 3.72. The van der Waals surface area contributed by atoms with Crippen molar-refractivity contribution < 1.29 is 14.3 Å². The summed E-state index contributed by atoms with van der Waals surface area (Å²) in [4.78, 5) is 18.9. The summed E-state index contributed by atoms with van der Waals surface area (Å²) in [6.45, 7) is 4.07. The number of hydrogen-bond acceptors (Lipinski definition) is 4. The molecule has 1 aromatic heterocycles. The highest BCUT2D eigenvalue weighted by molar-refractivity contribution is 6.11. The second-order valence-electron chi connectivity index (χ2n) is 7.60. The fourth-order valence-electron chi connectivity index (χ4n) is 3.92. The fraction of sp³-hybridized carbons (Fsp3) is 0.280. The van der Waals surface area contributed by atoms with Gasteiger partial charge in [0.1, 0.15) is 0 Å². The number of fused-ring (bicyclic) bond motifs is 1. The van der Waals surface area contributed by atoms with E-state index in [2.05, 4.69) is 36.2 Å². The predicted molar refractivity (Wildman–Crippen MR) is 117 cm³/mol. The first-order chi connectivity index (χ1) is 14.6. The largest absolute Gasteiger partial charge is 0.493 e. The molecule has 2 unspecified atom stereocenters. The lowest BCUT2D eigenvalue weighted by molar-refractivity contribution is 0.0992. The number of carbonyl (C=O) groups excluding carboxylic acids is 1. The molecule has 0 N–H and O–H groups in total. The van der Waals surface area contributed by atoms with Crippen LogP contribution in [0.4, 0.5) is 5.69 Å². The van der Waals surface area contributed by atoms with E-state index in [1.54, 1.807) is 30.5 Å². The molecule has 0 spiro atoms. The van der Waals surface area contributed by atoms with Crippen LogP contribution >= 0.6 is 0 Å². The molecule has 0 saturated carbocycles. The van der Waals surface area contributed by atoms with Crippen LogP contribution in [0.5, 0.6) is 11.5 Å². The summed E-state index contributed by atoms with van der Waals surface area (Å²) in [6.07, 6.45) is 5.25. The van der Waals surface area contributed by atoms with Crippen LogP contribution < -0.4 is 14.4 Å². The van der Waals surface area contributed by atoms with Crippen LogP contribution in [0.2, 0.25) is 0 Å². The van der Waals surface area contributed by atoms with Gasteiger partial charge in [-0.3, -0.25) is 9.78 Å². The van der Waals surface area contributed by atoms with Crippen molar-refractivity contribution in [2.24, 2.45) is 0 Å². The lowest BCUT2D eigenvalue weighted by Gasteiger charge is -2.24. The summed E-state index contributed by atoms with van der Waals surface area (Å²) in [5.74, 6) is 1.28. The first kappa shape index (κ1) is 20.0. The van der Waals surface area contributed by atoms with Crippen molar-refractivity contribution in [3.63, 3.8) is 0 Å². The predicted octanol–water partition coefficient (Wildman–Crippen LogP) is 5.21. The molecule has 154 valence electrons. The number of aromatic nitrogens is 1. The third-order valence-corrected chi connectivity index (χ3v) is 5.57. The Hall–Kier alpha value is -3.34. The normalized spacial score (nSPS) is 16.3. The van der Waals surface area contributed by atoms with Crippen molar-refractivity contribution in [2.45, 2.75) is 38.8 Å². The first-order valence-electron chi connectivity index (χ1n) is 10.2. The Morgan fingerprint density at radius 1 is 1.10 bits per heavy atom. The highest BCUT2D eigenvalue weighted by atomic mass is 16.5. The Morgan fingerprint density at radius 3 is 2.63 bits per heavy atom. The summed E-state index contributed by atoms with van der Waals surface area (Å²) < 4.78 is 11.7. The number of benzene rings is 2. The highest BCUT2D eigenvalue weighted by Gasteiger charge is 2.35. The zero-order chi connectivity index (χ0) is 21.1. The SMILES string of the molecule is COc1ccc(N2C(=O)c3ccncc3C2C)cc1OC(C)CCc1ccccc1. The smallest absolute Gasteiger partial charge is 0.259 e. The van der Waals surface area contributed by atoms with E-state index in [4.69, 9.17) is 9.47 Å². The van der Waals surface area contributed by atoms with Gasteiger partial charge in [-0.15, -0.1) is 0 Å². The number of anilines is 1. The molecule has 2 atom stereocenters. The Morgan fingerprint density at radius 2 is 1.90 bits per heavy atom. The Labute approximate surface area is 177 Å². The van der Waals surface area contributed by atoms with Gasteiger partial charge in [-0.2, -0.15) is 0 Å². The van der Waals surface area contributed by atoms with Crippen molar-refractivity contribution in [3.8, 4) is 11.5 Å². The van der Waals surface area contributed by atoms with Crippen molar-refractivity contribution in [3.05, 3.63) is 83.7 Å². The fourth-order valence-corrected chi connectivity index (χ4v) is 3.92. The van der Waals surface area contributed by atoms with Gasteiger partial charge < -0.3 is 14.4 Å². The Bertz CT molecular complexity index is 1040. The number of rotatable bonds is 7. The number of nitrogens with zero attached hydrogens (tertiary/aromatic N) is 2. The van der Waals surface area contributed by atoms with Crippen molar-refractivity contribution >= 4 is 11.6 Å². The van der Waals surface area contributed by atoms with Gasteiger partial charge in [-0.1, -0.05) is 30.3 Å². The topological polar surface area (TPSA) is 51.7 Å². The van der Waals surface area contributed by atoms with Crippen LogP contribution in [-0.4, -0.2) is 24.1 Å². The molecule has 1 aliphatic heterocycles. The van der Waals surface area contributed by atoms with E-state index >= 15 is 0 Å². The van der Waals surface area contributed by atoms with Gasteiger partial charge in [0.2, 0.25) is 0 Å². The average Bonchev–Trinajstić information content (AvgIpc) is 3.03. The molecule has 2 aromatic carbocycles. The van der Waals surface area contributed by atoms with Crippen LogP contribution in [0, 0.1) is 0 Å². The van der Waals surface area contributed by atoms with Gasteiger partial charge >= 0.3 is 0 Å². The summed E-state index contributed by atoms with van der Waals surface area (Å²) in [6, 6.07) is 17.7. The van der Waals surface area contributed by atoms with Crippen molar-refractivity contribution in [2.75, 3.05) is 12.0 Å². The number of aryl methyl sites for hydroxylation is 1. The number of ether oxygens (including phenoxy) is 2. The minimum absolute atomic E-state index is 0.00227. The maximum atomic E-state index is 13.0. The van der Waals surface area contributed by atoms with E-state index in [0.717, 1.165) is 24.1 Å². The maximum Gasteiger partial charge on any atom is 0.259 e. The van der Waals surface area contributed by atoms with E-state index in [0.29, 0.717) is 17.1 Å². The molecular weight excluding hydrogens is 376 g/mol. The average molecular weight is 402 g/mol. The third kappa shape index (κ3) is 3.88. The standard InChI is InChI=1S/C25H26N2O3/c1-17(9-10-19-7-5-4-6-8-19)30-24-15-20(11-12-23(24)29-3)27-18(2)22-16-26-14-13-21(22)25(27)28/h4-8,11-18H,9-10H2,1-3H3. The molecule has 3 aromatic rings. The Kier molecular flexibility index (Phi) is 5.70. The van der Waals surface area contributed by atoms with Crippen LogP contribution in [-0.2, 0) is 6.42 Å². The maximum absolute atomic E-state index is 13.0. The second kappa shape index (κ2) is 8.57. The zero-order valence-corrected chi connectivity index (χ0v) is 17.5. The van der Waals surface area contributed by atoms with E-state index in [-0.39, 0.29) is 18.1 Å². The number of amides is 1. The monoisotopic (exact) mass is 402 g/mol. The van der Waals surface area contributed by atoms with E-state index in [1.807, 2.05) is 31.2 Å². The zero-order valence-electron chi connectivity index (χ0n) is 17.5. The van der Waals surface area contributed by atoms with E-state index < -0.39 is 0 Å². The molecule has 0 fully saturated rings. The lowest BCUT2D eigenvalue weighted by Crippen LogP contribution is -2.26. The van der Waals surface area contributed by atoms with Gasteiger partial charge in [0, 0.05) is 35.3 Å². The molecule has 1 aliphatic rings. The molecule has 2 heterocycles. The van der Waals surface area contributed by atoms with Crippen LogP contribution in [0.3, 0.4) is 0 Å². The van der Waals surface area contributed by atoms with Crippen LogP contribution in [0.25, 0.3) is 0 Å². The van der Waals surface area contributed by atoms with Gasteiger partial charge in [-0.05, 0) is 50.5 Å². The molecule has 4 rings (SSSR count). The number of carbonyl (C=O) groups is 1. The number of pyridine rings is 1. The van der Waals surface area contributed by atoms with Crippen molar-refractivity contribution in [1.29, 1.82) is 0 Å².